The predicted molar refractivity (Wildman–Crippen MR) is 77.9 cm³/mol. The fourth-order valence-corrected chi connectivity index (χ4v) is 2.03. The third kappa shape index (κ3) is 2.48. The van der Waals surface area contributed by atoms with Gasteiger partial charge in [-0.25, -0.2) is 0 Å². The second-order valence-corrected chi connectivity index (χ2v) is 4.79. The predicted octanol–water partition coefficient (Wildman–Crippen LogP) is 2.87. The lowest BCUT2D eigenvalue weighted by Crippen LogP contribution is -2.11. The highest BCUT2D eigenvalue weighted by Gasteiger charge is 2.07. The number of hydrogen-bond donors (Lipinski definition) is 1. The minimum absolute atomic E-state index is 0.190. The SMILES string of the molecule is Cn1nc2ccc(NC(=O)c3ccc(Cl)cc3)cc2n1. The highest BCUT2D eigenvalue weighted by Crippen LogP contribution is 2.17. The van der Waals surface area contributed by atoms with Crippen molar-refractivity contribution in [2.24, 2.45) is 7.05 Å². The van der Waals surface area contributed by atoms with Gasteiger partial charge in [-0.15, -0.1) is 0 Å². The Morgan fingerprint density at radius 3 is 2.55 bits per heavy atom. The topological polar surface area (TPSA) is 59.8 Å². The van der Waals surface area contributed by atoms with Crippen molar-refractivity contribution in [1.29, 1.82) is 0 Å². The number of nitrogens with zero attached hydrogens (tertiary/aromatic N) is 3. The smallest absolute Gasteiger partial charge is 0.255 e. The second kappa shape index (κ2) is 4.94. The van der Waals surface area contributed by atoms with Gasteiger partial charge < -0.3 is 5.32 Å². The van der Waals surface area contributed by atoms with Gasteiger partial charge in [0.15, 0.2) is 0 Å². The molecule has 0 saturated carbocycles. The maximum absolute atomic E-state index is 12.1. The zero-order chi connectivity index (χ0) is 14.1. The number of benzene rings is 2. The zero-order valence-corrected chi connectivity index (χ0v) is 11.4. The Bertz CT molecular complexity index is 779. The molecule has 0 bridgehead atoms. The minimum atomic E-state index is -0.190. The first-order valence-electron chi connectivity index (χ1n) is 6.00. The van der Waals surface area contributed by atoms with Crippen molar-refractivity contribution in [1.82, 2.24) is 15.0 Å². The molecule has 0 spiro atoms. The van der Waals surface area contributed by atoms with Gasteiger partial charge in [-0.1, -0.05) is 11.6 Å². The van der Waals surface area contributed by atoms with E-state index < -0.39 is 0 Å². The second-order valence-electron chi connectivity index (χ2n) is 4.35. The third-order valence-corrected chi connectivity index (χ3v) is 3.10. The van der Waals surface area contributed by atoms with Crippen molar-refractivity contribution < 1.29 is 4.79 Å². The number of amides is 1. The van der Waals surface area contributed by atoms with Crippen molar-refractivity contribution in [2.75, 3.05) is 5.32 Å². The molecule has 1 heterocycles. The van der Waals surface area contributed by atoms with Crippen LogP contribution in [0.3, 0.4) is 0 Å². The lowest BCUT2D eigenvalue weighted by Gasteiger charge is -2.04. The molecule has 6 heteroatoms. The van der Waals surface area contributed by atoms with Crippen LogP contribution in [0.15, 0.2) is 42.5 Å². The summed E-state index contributed by atoms with van der Waals surface area (Å²) in [6.45, 7) is 0. The molecular formula is C14H11ClN4O. The largest absolute Gasteiger partial charge is 0.322 e. The van der Waals surface area contributed by atoms with E-state index in [2.05, 4.69) is 15.5 Å². The maximum atomic E-state index is 12.1. The first-order valence-corrected chi connectivity index (χ1v) is 6.37. The molecule has 0 aliphatic carbocycles. The van der Waals surface area contributed by atoms with Gasteiger partial charge >= 0.3 is 0 Å². The summed E-state index contributed by atoms with van der Waals surface area (Å²) in [4.78, 5) is 13.6. The molecule has 20 heavy (non-hydrogen) atoms. The fourth-order valence-electron chi connectivity index (χ4n) is 1.90. The fraction of sp³-hybridized carbons (Fsp3) is 0.0714. The van der Waals surface area contributed by atoms with Gasteiger partial charge in [0, 0.05) is 23.3 Å². The average Bonchev–Trinajstić information content (AvgIpc) is 2.78. The Morgan fingerprint density at radius 1 is 1.10 bits per heavy atom. The number of aryl methyl sites for hydroxylation is 1. The Hall–Kier alpha value is -2.40. The van der Waals surface area contributed by atoms with Crippen LogP contribution in [-0.4, -0.2) is 20.9 Å². The van der Waals surface area contributed by atoms with Gasteiger partial charge in [0.1, 0.15) is 11.0 Å². The van der Waals surface area contributed by atoms with Gasteiger partial charge in [0.2, 0.25) is 0 Å². The van der Waals surface area contributed by atoms with E-state index in [1.54, 1.807) is 43.4 Å². The van der Waals surface area contributed by atoms with Crippen LogP contribution in [0.1, 0.15) is 10.4 Å². The zero-order valence-electron chi connectivity index (χ0n) is 10.7. The van der Waals surface area contributed by atoms with Crippen molar-refractivity contribution >= 4 is 34.2 Å². The molecule has 0 aliphatic heterocycles. The monoisotopic (exact) mass is 286 g/mol. The summed E-state index contributed by atoms with van der Waals surface area (Å²) >= 11 is 5.79. The number of fused-ring (bicyclic) bond motifs is 1. The Morgan fingerprint density at radius 2 is 1.80 bits per heavy atom. The van der Waals surface area contributed by atoms with E-state index in [0.29, 0.717) is 16.3 Å². The molecule has 1 amide bonds. The molecule has 3 rings (SSSR count). The Balaban J connectivity index is 1.84. The number of rotatable bonds is 2. The molecule has 0 atom stereocenters. The quantitative estimate of drug-likeness (QED) is 0.788. The van der Waals surface area contributed by atoms with Crippen LogP contribution in [0.5, 0.6) is 0 Å². The molecule has 0 aliphatic rings. The first kappa shape index (κ1) is 12.6. The maximum Gasteiger partial charge on any atom is 0.255 e. The molecule has 0 saturated heterocycles. The summed E-state index contributed by atoms with van der Waals surface area (Å²) in [5.74, 6) is -0.190. The molecule has 0 fully saturated rings. The highest BCUT2D eigenvalue weighted by molar-refractivity contribution is 6.30. The van der Waals surface area contributed by atoms with Crippen LogP contribution < -0.4 is 5.32 Å². The standard InChI is InChI=1S/C14H11ClN4O/c1-19-17-12-7-6-11(8-13(12)18-19)16-14(20)9-2-4-10(15)5-3-9/h2-8H,1H3,(H,16,20). The number of carbonyl (C=O) groups excluding carboxylic acids is 1. The number of hydrogen-bond acceptors (Lipinski definition) is 3. The van der Waals surface area contributed by atoms with Crippen LogP contribution in [0, 0.1) is 0 Å². The van der Waals surface area contributed by atoms with E-state index >= 15 is 0 Å². The molecule has 2 aromatic carbocycles. The average molecular weight is 287 g/mol. The van der Waals surface area contributed by atoms with Gasteiger partial charge in [0.25, 0.3) is 5.91 Å². The number of anilines is 1. The summed E-state index contributed by atoms with van der Waals surface area (Å²) in [6.07, 6.45) is 0. The van der Waals surface area contributed by atoms with Crippen molar-refractivity contribution in [2.45, 2.75) is 0 Å². The Labute approximate surface area is 120 Å². The van der Waals surface area contributed by atoms with Crippen molar-refractivity contribution in [3.8, 4) is 0 Å². The highest BCUT2D eigenvalue weighted by atomic mass is 35.5. The van der Waals surface area contributed by atoms with Crippen molar-refractivity contribution in [3.63, 3.8) is 0 Å². The van der Waals surface area contributed by atoms with Gasteiger partial charge in [-0.05, 0) is 42.5 Å². The number of nitrogens with one attached hydrogen (secondary N) is 1. The van der Waals surface area contributed by atoms with Gasteiger partial charge in [0.05, 0.1) is 0 Å². The summed E-state index contributed by atoms with van der Waals surface area (Å²) < 4.78 is 0. The molecule has 0 radical (unpaired) electrons. The van der Waals surface area contributed by atoms with E-state index in [0.717, 1.165) is 11.0 Å². The molecule has 100 valence electrons. The van der Waals surface area contributed by atoms with Crippen LogP contribution in [0.2, 0.25) is 5.02 Å². The number of aromatic nitrogens is 3. The summed E-state index contributed by atoms with van der Waals surface area (Å²) in [5.41, 5.74) is 2.75. The summed E-state index contributed by atoms with van der Waals surface area (Å²) in [6, 6.07) is 12.1. The van der Waals surface area contributed by atoms with Crippen LogP contribution in [0.4, 0.5) is 5.69 Å². The summed E-state index contributed by atoms with van der Waals surface area (Å²) in [5, 5.41) is 11.8. The number of halogens is 1. The van der Waals surface area contributed by atoms with Crippen LogP contribution >= 0.6 is 11.6 Å². The molecule has 0 unspecified atom stereocenters. The minimum Gasteiger partial charge on any atom is -0.322 e. The van der Waals surface area contributed by atoms with Gasteiger partial charge in [-0.2, -0.15) is 15.0 Å². The molecular weight excluding hydrogens is 276 g/mol. The van der Waals surface area contributed by atoms with Crippen LogP contribution in [-0.2, 0) is 7.05 Å². The molecule has 1 N–H and O–H groups in total. The first-order chi connectivity index (χ1) is 9.61. The molecule has 5 nitrogen and oxygen atoms in total. The van der Waals surface area contributed by atoms with E-state index in [1.165, 1.54) is 4.80 Å². The Kier molecular flexibility index (Phi) is 3.12. The van der Waals surface area contributed by atoms with E-state index in [4.69, 9.17) is 11.6 Å². The normalized spacial score (nSPS) is 10.7. The van der Waals surface area contributed by atoms with E-state index in [9.17, 15) is 4.79 Å². The molecule has 3 aromatic rings. The van der Waals surface area contributed by atoms with Crippen LogP contribution in [0.25, 0.3) is 11.0 Å². The lowest BCUT2D eigenvalue weighted by atomic mass is 10.2. The van der Waals surface area contributed by atoms with E-state index in [1.807, 2.05) is 6.07 Å². The third-order valence-electron chi connectivity index (χ3n) is 2.84. The van der Waals surface area contributed by atoms with Crippen molar-refractivity contribution in [3.05, 3.63) is 53.1 Å². The van der Waals surface area contributed by atoms with E-state index in [-0.39, 0.29) is 5.91 Å². The molecule has 1 aromatic heterocycles. The van der Waals surface area contributed by atoms with Gasteiger partial charge in [-0.3, -0.25) is 4.79 Å². The number of carbonyl (C=O) groups is 1. The lowest BCUT2D eigenvalue weighted by molar-refractivity contribution is 0.102. The summed E-state index contributed by atoms with van der Waals surface area (Å²) in [7, 11) is 1.76.